The molecule has 124 valence electrons. The number of aryl methyl sites for hydroxylation is 1. The Morgan fingerprint density at radius 2 is 1.83 bits per heavy atom. The summed E-state index contributed by atoms with van der Waals surface area (Å²) in [4.78, 5) is 15.1. The first-order valence-electron chi connectivity index (χ1n) is 8.55. The number of hydrogen-bond donors (Lipinski definition) is 1. The van der Waals surface area contributed by atoms with E-state index in [-0.39, 0.29) is 5.82 Å². The van der Waals surface area contributed by atoms with E-state index in [4.69, 9.17) is 4.98 Å². The first-order valence-corrected chi connectivity index (χ1v) is 8.55. The van der Waals surface area contributed by atoms with Crippen LogP contribution < -0.4 is 4.90 Å². The molecule has 2 aromatic heterocycles. The molecule has 0 saturated carbocycles. The molecule has 1 N–H and O–H groups in total. The van der Waals surface area contributed by atoms with Gasteiger partial charge in [0.15, 0.2) is 5.82 Å². The van der Waals surface area contributed by atoms with Crippen molar-refractivity contribution in [3.05, 3.63) is 53.2 Å². The van der Waals surface area contributed by atoms with Crippen molar-refractivity contribution >= 4 is 16.9 Å². The molecule has 4 nitrogen and oxygen atoms in total. The van der Waals surface area contributed by atoms with Crippen LogP contribution in [0.3, 0.4) is 0 Å². The summed E-state index contributed by atoms with van der Waals surface area (Å²) in [6.45, 7) is 4.05. The van der Waals surface area contributed by atoms with Gasteiger partial charge in [-0.15, -0.1) is 0 Å². The summed E-state index contributed by atoms with van der Waals surface area (Å²) < 4.78 is 13.1. The summed E-state index contributed by atoms with van der Waals surface area (Å²) in [5, 5.41) is 0. The highest BCUT2D eigenvalue weighted by Crippen LogP contribution is 2.27. The van der Waals surface area contributed by atoms with E-state index >= 15 is 0 Å². The van der Waals surface area contributed by atoms with Crippen LogP contribution in [0.15, 0.2) is 30.3 Å². The fourth-order valence-electron chi connectivity index (χ4n) is 3.42. The molecule has 1 saturated heterocycles. The number of nitrogens with one attached hydrogen (secondary N) is 1. The van der Waals surface area contributed by atoms with Crippen LogP contribution in [-0.4, -0.2) is 28.0 Å². The third kappa shape index (κ3) is 2.98. The molecular formula is C19H21FN4. The minimum Gasteiger partial charge on any atom is -0.355 e. The minimum atomic E-state index is -0.204. The lowest BCUT2D eigenvalue weighted by molar-refractivity contribution is 0.574. The molecule has 0 amide bonds. The van der Waals surface area contributed by atoms with Gasteiger partial charge in [-0.2, -0.15) is 0 Å². The molecule has 0 atom stereocenters. The molecule has 3 heterocycles. The van der Waals surface area contributed by atoms with E-state index in [0.717, 1.165) is 53.4 Å². The van der Waals surface area contributed by atoms with Crippen LogP contribution in [0.5, 0.6) is 0 Å². The number of aromatic nitrogens is 3. The zero-order valence-electron chi connectivity index (χ0n) is 13.8. The van der Waals surface area contributed by atoms with Crippen LogP contribution in [0.25, 0.3) is 11.0 Å². The monoisotopic (exact) mass is 324 g/mol. The van der Waals surface area contributed by atoms with Crippen molar-refractivity contribution in [3.63, 3.8) is 0 Å². The van der Waals surface area contributed by atoms with Gasteiger partial charge in [-0.3, -0.25) is 0 Å². The van der Waals surface area contributed by atoms with E-state index in [1.54, 1.807) is 0 Å². The number of fused-ring (bicyclic) bond motifs is 1. The third-order valence-electron chi connectivity index (χ3n) is 4.59. The Hall–Kier alpha value is -2.43. The summed E-state index contributed by atoms with van der Waals surface area (Å²) in [5.74, 6) is 1.61. The number of anilines is 1. The molecule has 1 aromatic carbocycles. The van der Waals surface area contributed by atoms with Gasteiger partial charge in [-0.25, -0.2) is 14.4 Å². The zero-order valence-corrected chi connectivity index (χ0v) is 13.8. The summed E-state index contributed by atoms with van der Waals surface area (Å²) in [6, 6.07) is 8.73. The Morgan fingerprint density at radius 3 is 2.58 bits per heavy atom. The number of halogens is 1. The second-order valence-corrected chi connectivity index (χ2v) is 6.50. The fourth-order valence-corrected chi connectivity index (χ4v) is 3.42. The molecule has 1 aliphatic heterocycles. The van der Waals surface area contributed by atoms with Crippen molar-refractivity contribution in [1.29, 1.82) is 0 Å². The Bertz CT molecular complexity index is 848. The van der Waals surface area contributed by atoms with Crippen molar-refractivity contribution in [3.8, 4) is 0 Å². The summed E-state index contributed by atoms with van der Waals surface area (Å²) in [5.41, 5.74) is 4.13. The lowest BCUT2D eigenvalue weighted by atomic mass is 10.1. The van der Waals surface area contributed by atoms with Crippen molar-refractivity contribution in [2.45, 2.75) is 32.6 Å². The zero-order chi connectivity index (χ0) is 16.5. The van der Waals surface area contributed by atoms with Gasteiger partial charge in [0.05, 0.1) is 5.52 Å². The second kappa shape index (κ2) is 6.23. The molecule has 0 unspecified atom stereocenters. The Morgan fingerprint density at radius 1 is 1.08 bits per heavy atom. The maximum absolute atomic E-state index is 13.1. The summed E-state index contributed by atoms with van der Waals surface area (Å²) in [6.07, 6.45) is 4.46. The average Bonchev–Trinajstić information content (AvgIpc) is 2.99. The largest absolute Gasteiger partial charge is 0.355 e. The molecule has 4 rings (SSSR count). The number of rotatable bonds is 3. The topological polar surface area (TPSA) is 44.8 Å². The van der Waals surface area contributed by atoms with Crippen molar-refractivity contribution in [2.24, 2.45) is 0 Å². The van der Waals surface area contributed by atoms with E-state index < -0.39 is 0 Å². The number of nitrogens with zero attached hydrogens (tertiary/aromatic N) is 3. The van der Waals surface area contributed by atoms with Crippen LogP contribution in [0.2, 0.25) is 0 Å². The van der Waals surface area contributed by atoms with Gasteiger partial charge in [-0.1, -0.05) is 12.1 Å². The summed E-state index contributed by atoms with van der Waals surface area (Å²) in [7, 11) is 0. The Balaban J connectivity index is 1.70. The molecular weight excluding hydrogens is 303 g/mol. The van der Waals surface area contributed by atoms with E-state index in [1.807, 2.05) is 19.1 Å². The lowest BCUT2D eigenvalue weighted by Gasteiger charge is -2.28. The van der Waals surface area contributed by atoms with E-state index in [2.05, 4.69) is 20.9 Å². The average molecular weight is 324 g/mol. The second-order valence-electron chi connectivity index (χ2n) is 6.50. The van der Waals surface area contributed by atoms with Gasteiger partial charge in [0.25, 0.3) is 0 Å². The SMILES string of the molecule is Cc1nc(N2CCCCC2)c2[nH]c(Cc3ccc(F)cc3)cc2n1. The fraction of sp³-hybridized carbons (Fsp3) is 0.368. The maximum Gasteiger partial charge on any atom is 0.156 e. The molecule has 3 aromatic rings. The molecule has 0 radical (unpaired) electrons. The van der Waals surface area contributed by atoms with Crippen molar-refractivity contribution in [2.75, 3.05) is 18.0 Å². The maximum atomic E-state index is 13.1. The molecule has 5 heteroatoms. The number of H-pyrrole nitrogens is 1. The highest BCUT2D eigenvalue weighted by Gasteiger charge is 2.18. The standard InChI is InChI=1S/C19H21FN4/c1-13-21-17-12-16(11-14-5-7-15(20)8-6-14)23-18(17)19(22-13)24-9-3-2-4-10-24/h5-8,12,23H,2-4,9-11H2,1H3. The van der Waals surface area contributed by atoms with Crippen molar-refractivity contribution < 1.29 is 4.39 Å². The van der Waals surface area contributed by atoms with Gasteiger partial charge < -0.3 is 9.88 Å². The highest BCUT2D eigenvalue weighted by molar-refractivity contribution is 5.87. The molecule has 1 fully saturated rings. The lowest BCUT2D eigenvalue weighted by Crippen LogP contribution is -2.30. The van der Waals surface area contributed by atoms with Crippen LogP contribution in [-0.2, 0) is 6.42 Å². The number of aromatic amines is 1. The highest BCUT2D eigenvalue weighted by atomic mass is 19.1. The van der Waals surface area contributed by atoms with Crippen molar-refractivity contribution in [1.82, 2.24) is 15.0 Å². The predicted molar refractivity (Wildman–Crippen MR) is 93.9 cm³/mol. The van der Waals surface area contributed by atoms with Gasteiger partial charge in [0.1, 0.15) is 17.2 Å². The number of benzene rings is 1. The molecule has 0 aliphatic carbocycles. The van der Waals surface area contributed by atoms with Crippen LogP contribution >= 0.6 is 0 Å². The van der Waals surface area contributed by atoms with Gasteiger partial charge in [-0.05, 0) is 49.9 Å². The first-order chi connectivity index (χ1) is 11.7. The smallest absolute Gasteiger partial charge is 0.156 e. The third-order valence-corrected chi connectivity index (χ3v) is 4.59. The first kappa shape index (κ1) is 15.1. The Labute approximate surface area is 140 Å². The van der Waals surface area contributed by atoms with E-state index in [1.165, 1.54) is 31.4 Å². The molecule has 1 aliphatic rings. The minimum absolute atomic E-state index is 0.204. The van der Waals surface area contributed by atoms with Crippen LogP contribution in [0.1, 0.15) is 36.3 Å². The van der Waals surface area contributed by atoms with Gasteiger partial charge in [0, 0.05) is 25.2 Å². The normalized spacial score (nSPS) is 15.2. The van der Waals surface area contributed by atoms with Crippen LogP contribution in [0.4, 0.5) is 10.2 Å². The van der Waals surface area contributed by atoms with Gasteiger partial charge >= 0.3 is 0 Å². The quantitative estimate of drug-likeness (QED) is 0.792. The van der Waals surface area contributed by atoms with E-state index in [0.29, 0.717) is 0 Å². The summed E-state index contributed by atoms with van der Waals surface area (Å²) >= 11 is 0. The molecule has 0 spiro atoms. The number of piperidine rings is 1. The Kier molecular flexibility index (Phi) is 3.92. The van der Waals surface area contributed by atoms with E-state index in [9.17, 15) is 4.39 Å². The van der Waals surface area contributed by atoms with Gasteiger partial charge in [0.2, 0.25) is 0 Å². The predicted octanol–water partition coefficient (Wildman–Crippen LogP) is 3.99. The van der Waals surface area contributed by atoms with Crippen LogP contribution in [0, 0.1) is 12.7 Å². The number of hydrogen-bond acceptors (Lipinski definition) is 3. The molecule has 24 heavy (non-hydrogen) atoms. The molecule has 0 bridgehead atoms.